The Kier molecular flexibility index (Phi) is 5.43. The third-order valence-corrected chi connectivity index (χ3v) is 4.68. The Bertz CT molecular complexity index is 688. The Labute approximate surface area is 151 Å². The van der Waals surface area contributed by atoms with Crippen LogP contribution < -0.4 is 10.6 Å². The molecule has 3 rings (SSSR count). The van der Waals surface area contributed by atoms with Crippen LogP contribution in [0.5, 0.6) is 0 Å². The van der Waals surface area contributed by atoms with E-state index in [1.165, 1.54) is 0 Å². The van der Waals surface area contributed by atoms with Crippen LogP contribution in [0.4, 0.5) is 10.5 Å². The Morgan fingerprint density at radius 2 is 1.92 bits per heavy atom. The number of imide groups is 1. The molecule has 25 heavy (non-hydrogen) atoms. The van der Waals surface area contributed by atoms with Crippen molar-refractivity contribution in [3.63, 3.8) is 0 Å². The fraction of sp³-hybridized carbons (Fsp3) is 0.471. The van der Waals surface area contributed by atoms with Crippen LogP contribution >= 0.6 is 11.6 Å². The minimum atomic E-state index is -0.387. The van der Waals surface area contributed by atoms with Crippen molar-refractivity contribution in [2.75, 3.05) is 38.0 Å². The third kappa shape index (κ3) is 4.04. The monoisotopic (exact) mass is 364 g/mol. The van der Waals surface area contributed by atoms with Crippen LogP contribution in [-0.4, -0.2) is 60.4 Å². The molecule has 0 saturated carbocycles. The summed E-state index contributed by atoms with van der Waals surface area (Å²) in [6.45, 7) is 2.23. The number of urea groups is 1. The van der Waals surface area contributed by atoms with Crippen LogP contribution in [0.15, 0.2) is 18.2 Å². The number of hydrogen-bond acceptors (Lipinski definition) is 4. The van der Waals surface area contributed by atoms with Gasteiger partial charge in [-0.05, 0) is 37.5 Å². The number of nitrogens with zero attached hydrogens (tertiary/aromatic N) is 2. The lowest BCUT2D eigenvalue weighted by Crippen LogP contribution is -2.38. The lowest BCUT2D eigenvalue weighted by Gasteiger charge is -2.27. The molecule has 0 atom stereocenters. The summed E-state index contributed by atoms with van der Waals surface area (Å²) >= 11 is 6.05. The molecule has 0 unspecified atom stereocenters. The van der Waals surface area contributed by atoms with Crippen LogP contribution in [0.25, 0.3) is 0 Å². The summed E-state index contributed by atoms with van der Waals surface area (Å²) in [6, 6.07) is 4.59. The molecule has 0 bridgehead atoms. The molecule has 1 aromatic carbocycles. The molecule has 2 fully saturated rings. The van der Waals surface area contributed by atoms with Crippen LogP contribution in [0.2, 0.25) is 5.02 Å². The summed E-state index contributed by atoms with van der Waals surface area (Å²) < 4.78 is 0. The molecule has 1 aromatic rings. The highest BCUT2D eigenvalue weighted by Crippen LogP contribution is 2.24. The summed E-state index contributed by atoms with van der Waals surface area (Å²) in [6.07, 6.45) is 3.15. The molecule has 2 N–H and O–H groups in total. The molecule has 4 amide bonds. The van der Waals surface area contributed by atoms with Crippen LogP contribution in [-0.2, 0) is 4.79 Å². The van der Waals surface area contributed by atoms with E-state index >= 15 is 0 Å². The second kappa shape index (κ2) is 7.74. The minimum absolute atomic E-state index is 0.0646. The lowest BCUT2D eigenvalue weighted by molar-refractivity contribution is -0.125. The topological polar surface area (TPSA) is 81.8 Å². The van der Waals surface area contributed by atoms with Crippen molar-refractivity contribution in [3.05, 3.63) is 28.8 Å². The van der Waals surface area contributed by atoms with E-state index in [1.807, 2.05) is 4.90 Å². The first-order valence-corrected chi connectivity index (χ1v) is 8.85. The number of nitrogens with one attached hydrogen (secondary N) is 2. The quantitative estimate of drug-likeness (QED) is 0.855. The zero-order chi connectivity index (χ0) is 17.8. The average molecular weight is 365 g/mol. The van der Waals surface area contributed by atoms with Gasteiger partial charge in [-0.1, -0.05) is 11.6 Å². The highest BCUT2D eigenvalue weighted by Gasteiger charge is 2.26. The van der Waals surface area contributed by atoms with Gasteiger partial charge in [0.2, 0.25) is 5.91 Å². The van der Waals surface area contributed by atoms with E-state index in [2.05, 4.69) is 10.6 Å². The van der Waals surface area contributed by atoms with Gasteiger partial charge in [0.25, 0.3) is 5.91 Å². The molecule has 2 saturated heterocycles. The lowest BCUT2D eigenvalue weighted by atomic mass is 10.1. The molecule has 0 aliphatic carbocycles. The smallest absolute Gasteiger partial charge is 0.324 e. The van der Waals surface area contributed by atoms with Gasteiger partial charge < -0.3 is 15.5 Å². The number of halogens is 1. The normalized spacial score (nSPS) is 17.4. The summed E-state index contributed by atoms with van der Waals surface area (Å²) in [4.78, 5) is 39.5. The number of carbonyl (C=O) groups is 3. The number of anilines is 1. The SMILES string of the molecule is O=C(c1ccc(Cl)cc1NCC(=O)N1CCNC1=O)N1CCCCC1. The van der Waals surface area contributed by atoms with Gasteiger partial charge in [-0.25, -0.2) is 4.79 Å². The van der Waals surface area contributed by atoms with E-state index < -0.39 is 0 Å². The molecular formula is C17H21ClN4O3. The van der Waals surface area contributed by atoms with Crippen molar-refractivity contribution in [3.8, 4) is 0 Å². The van der Waals surface area contributed by atoms with Gasteiger partial charge in [-0.15, -0.1) is 0 Å². The van der Waals surface area contributed by atoms with Crippen molar-refractivity contribution >= 4 is 35.1 Å². The maximum absolute atomic E-state index is 12.8. The van der Waals surface area contributed by atoms with Gasteiger partial charge in [-0.2, -0.15) is 0 Å². The summed E-state index contributed by atoms with van der Waals surface area (Å²) in [5.74, 6) is -0.406. The molecule has 7 nitrogen and oxygen atoms in total. The van der Waals surface area contributed by atoms with Gasteiger partial charge in [-0.3, -0.25) is 14.5 Å². The van der Waals surface area contributed by atoms with Gasteiger partial charge in [0.05, 0.1) is 12.1 Å². The maximum Gasteiger partial charge on any atom is 0.324 e. The number of hydrogen-bond donors (Lipinski definition) is 2. The van der Waals surface area contributed by atoms with Crippen LogP contribution in [0, 0.1) is 0 Å². The first-order valence-electron chi connectivity index (χ1n) is 8.47. The Hall–Kier alpha value is -2.28. The zero-order valence-electron chi connectivity index (χ0n) is 13.9. The Morgan fingerprint density at radius 3 is 2.60 bits per heavy atom. The number of likely N-dealkylation sites (tertiary alicyclic amines) is 1. The van der Waals surface area contributed by atoms with E-state index in [1.54, 1.807) is 18.2 Å². The zero-order valence-corrected chi connectivity index (χ0v) is 14.6. The molecule has 0 aromatic heterocycles. The number of carbonyl (C=O) groups excluding carboxylic acids is 3. The van der Waals surface area contributed by atoms with E-state index in [-0.39, 0.29) is 24.4 Å². The van der Waals surface area contributed by atoms with Crippen LogP contribution in [0.1, 0.15) is 29.6 Å². The van der Waals surface area contributed by atoms with Crippen LogP contribution in [0.3, 0.4) is 0 Å². The first kappa shape index (κ1) is 17.5. The molecule has 134 valence electrons. The molecule has 2 heterocycles. The number of benzene rings is 1. The minimum Gasteiger partial charge on any atom is -0.375 e. The molecule has 0 spiro atoms. The predicted octanol–water partition coefficient (Wildman–Crippen LogP) is 1.93. The molecule has 8 heteroatoms. The van der Waals surface area contributed by atoms with Crippen molar-refractivity contribution in [2.45, 2.75) is 19.3 Å². The summed E-state index contributed by atoms with van der Waals surface area (Å²) in [5.41, 5.74) is 1.00. The molecule has 0 radical (unpaired) electrons. The highest BCUT2D eigenvalue weighted by atomic mass is 35.5. The number of piperidine rings is 1. The van der Waals surface area contributed by atoms with E-state index in [9.17, 15) is 14.4 Å². The summed E-state index contributed by atoms with van der Waals surface area (Å²) in [7, 11) is 0. The van der Waals surface area contributed by atoms with Crippen molar-refractivity contribution in [1.82, 2.24) is 15.1 Å². The van der Waals surface area contributed by atoms with Gasteiger partial charge in [0.15, 0.2) is 0 Å². The van der Waals surface area contributed by atoms with E-state index in [0.29, 0.717) is 29.4 Å². The Balaban J connectivity index is 1.71. The molecule has 2 aliphatic rings. The standard InChI is InChI=1S/C17H21ClN4O3/c18-12-4-5-13(16(24)21-7-2-1-3-8-21)14(10-12)20-11-15(23)22-9-6-19-17(22)25/h4-5,10,20H,1-3,6-9,11H2,(H,19,25). The summed E-state index contributed by atoms with van der Waals surface area (Å²) in [5, 5.41) is 6.03. The third-order valence-electron chi connectivity index (χ3n) is 4.44. The number of rotatable bonds is 4. The second-order valence-electron chi connectivity index (χ2n) is 6.17. The van der Waals surface area contributed by atoms with Gasteiger partial charge in [0.1, 0.15) is 0 Å². The fourth-order valence-corrected chi connectivity index (χ4v) is 3.26. The van der Waals surface area contributed by atoms with Gasteiger partial charge in [0, 0.05) is 36.9 Å². The molecule has 2 aliphatic heterocycles. The van der Waals surface area contributed by atoms with Crippen molar-refractivity contribution in [2.24, 2.45) is 0 Å². The fourth-order valence-electron chi connectivity index (χ4n) is 3.09. The predicted molar refractivity (Wildman–Crippen MR) is 94.8 cm³/mol. The largest absolute Gasteiger partial charge is 0.375 e. The number of amides is 4. The van der Waals surface area contributed by atoms with E-state index in [4.69, 9.17) is 11.6 Å². The Morgan fingerprint density at radius 1 is 1.16 bits per heavy atom. The first-order chi connectivity index (χ1) is 12.1. The average Bonchev–Trinajstić information content (AvgIpc) is 3.06. The molecular weight excluding hydrogens is 344 g/mol. The highest BCUT2D eigenvalue weighted by molar-refractivity contribution is 6.31. The van der Waals surface area contributed by atoms with Crippen molar-refractivity contribution < 1.29 is 14.4 Å². The van der Waals surface area contributed by atoms with Gasteiger partial charge >= 0.3 is 6.03 Å². The maximum atomic E-state index is 12.8. The second-order valence-corrected chi connectivity index (χ2v) is 6.61. The van der Waals surface area contributed by atoms with E-state index in [0.717, 1.165) is 37.3 Å². The van der Waals surface area contributed by atoms with Crippen molar-refractivity contribution in [1.29, 1.82) is 0 Å².